The molecule has 0 saturated carbocycles. The van der Waals surface area contributed by atoms with Crippen LogP contribution in [0.15, 0.2) is 35.6 Å². The van der Waals surface area contributed by atoms with E-state index < -0.39 is 0 Å². The van der Waals surface area contributed by atoms with Crippen molar-refractivity contribution < 1.29 is 0 Å². The Morgan fingerprint density at radius 2 is 2.12 bits per heavy atom. The van der Waals surface area contributed by atoms with Gasteiger partial charge in [-0.2, -0.15) is 5.10 Å². The van der Waals surface area contributed by atoms with Crippen LogP contribution in [-0.4, -0.2) is 14.8 Å². The molecule has 0 atom stereocenters. The number of nitrogens with zero attached hydrogens (tertiary/aromatic N) is 3. The molecule has 0 saturated heterocycles. The predicted octanol–water partition coefficient (Wildman–Crippen LogP) is 1.96. The summed E-state index contributed by atoms with van der Waals surface area (Å²) < 4.78 is 4.01. The Balaban J connectivity index is 2.01. The first kappa shape index (κ1) is 9.68. The Hall–Kier alpha value is -1.53. The van der Waals surface area contributed by atoms with Gasteiger partial charge in [0.25, 0.3) is 4.06 Å². The van der Waals surface area contributed by atoms with E-state index in [-0.39, 0.29) is 4.06 Å². The van der Waals surface area contributed by atoms with E-state index in [1.165, 1.54) is 29.0 Å². The van der Waals surface area contributed by atoms with Crippen molar-refractivity contribution in [2.75, 3.05) is 0 Å². The van der Waals surface area contributed by atoms with Gasteiger partial charge >= 0.3 is 0 Å². The van der Waals surface area contributed by atoms with Gasteiger partial charge in [-0.05, 0) is 17.7 Å². The van der Waals surface area contributed by atoms with Crippen molar-refractivity contribution in [3.05, 3.63) is 45.3 Å². The molecule has 2 heterocycles. The summed E-state index contributed by atoms with van der Waals surface area (Å²) >= 11 is 2.59. The lowest BCUT2D eigenvalue weighted by atomic mass is 10.2. The van der Waals surface area contributed by atoms with Crippen molar-refractivity contribution in [3.8, 4) is 0 Å². The van der Waals surface area contributed by atoms with E-state index in [1.54, 1.807) is 11.0 Å². The maximum atomic E-state index is 11.2. The zero-order valence-corrected chi connectivity index (χ0v) is 9.79. The van der Waals surface area contributed by atoms with Crippen molar-refractivity contribution in [1.29, 1.82) is 0 Å². The number of hydrogen-bond donors (Lipinski definition) is 0. The first-order chi connectivity index (χ1) is 7.81. The molecule has 0 radical (unpaired) electrons. The fourth-order valence-corrected chi connectivity index (χ4v) is 3.51. The maximum Gasteiger partial charge on any atom is 0.288 e. The van der Waals surface area contributed by atoms with Gasteiger partial charge in [0.15, 0.2) is 0 Å². The van der Waals surface area contributed by atoms with Gasteiger partial charge in [-0.15, -0.1) is 0 Å². The van der Waals surface area contributed by atoms with Gasteiger partial charge in [0.05, 0.1) is 6.54 Å². The highest BCUT2D eigenvalue weighted by Gasteiger charge is 2.02. The molecule has 3 aromatic rings. The third-order valence-electron chi connectivity index (χ3n) is 2.21. The smallest absolute Gasteiger partial charge is 0.265 e. The molecular weight excluding hydrogens is 242 g/mol. The molecule has 3 rings (SSSR count). The van der Waals surface area contributed by atoms with Crippen molar-refractivity contribution in [2.24, 2.45) is 0 Å². The second kappa shape index (κ2) is 3.80. The van der Waals surface area contributed by atoms with Crippen LogP contribution in [0.2, 0.25) is 0 Å². The van der Waals surface area contributed by atoms with Crippen LogP contribution < -0.4 is 4.06 Å². The summed E-state index contributed by atoms with van der Waals surface area (Å²) in [6, 6.07) is 6.05. The van der Waals surface area contributed by atoms with Crippen molar-refractivity contribution >= 4 is 32.1 Å². The zero-order chi connectivity index (χ0) is 11.0. The van der Waals surface area contributed by atoms with Crippen LogP contribution in [0.25, 0.3) is 9.40 Å². The highest BCUT2D eigenvalue weighted by Crippen LogP contribution is 2.22. The van der Waals surface area contributed by atoms with E-state index in [4.69, 9.17) is 0 Å². The Kier molecular flexibility index (Phi) is 2.30. The number of benzene rings is 1. The van der Waals surface area contributed by atoms with Gasteiger partial charge in [-0.1, -0.05) is 28.7 Å². The summed E-state index contributed by atoms with van der Waals surface area (Å²) in [6.07, 6.45) is 3.20. The molecule has 0 spiro atoms. The molecule has 16 heavy (non-hydrogen) atoms. The van der Waals surface area contributed by atoms with E-state index >= 15 is 0 Å². The summed E-state index contributed by atoms with van der Waals surface area (Å²) in [5.41, 5.74) is 1.13. The van der Waals surface area contributed by atoms with Crippen LogP contribution in [-0.2, 0) is 6.54 Å². The standard InChI is InChI=1S/C10H7N3OS2/c14-10-15-8-2-1-7(3-9(8)16-10)4-13-6-11-5-12-13/h1-3,5-6H,4H2. The summed E-state index contributed by atoms with van der Waals surface area (Å²) in [7, 11) is 0. The molecule has 0 aliphatic carbocycles. The molecule has 6 heteroatoms. The molecule has 0 aliphatic heterocycles. The topological polar surface area (TPSA) is 47.8 Å². The van der Waals surface area contributed by atoms with Gasteiger partial charge in [0.2, 0.25) is 0 Å². The van der Waals surface area contributed by atoms with E-state index in [0.29, 0.717) is 6.54 Å². The average molecular weight is 249 g/mol. The Morgan fingerprint density at radius 3 is 2.94 bits per heavy atom. The van der Waals surface area contributed by atoms with Crippen LogP contribution in [0.3, 0.4) is 0 Å². The van der Waals surface area contributed by atoms with Crippen LogP contribution in [0.4, 0.5) is 0 Å². The SMILES string of the molecule is O=c1sc2ccc(Cn3cncn3)cc2s1. The van der Waals surface area contributed by atoms with E-state index in [9.17, 15) is 4.79 Å². The number of fused-ring (bicyclic) bond motifs is 1. The average Bonchev–Trinajstić information content (AvgIpc) is 2.85. The highest BCUT2D eigenvalue weighted by molar-refractivity contribution is 7.35. The van der Waals surface area contributed by atoms with E-state index in [1.807, 2.05) is 18.2 Å². The minimum atomic E-state index is 0.146. The molecular formula is C10H7N3OS2. The van der Waals surface area contributed by atoms with E-state index in [0.717, 1.165) is 15.0 Å². The number of rotatable bonds is 2. The molecule has 4 nitrogen and oxygen atoms in total. The predicted molar refractivity (Wildman–Crippen MR) is 65.1 cm³/mol. The van der Waals surface area contributed by atoms with E-state index in [2.05, 4.69) is 10.1 Å². The Labute approximate surface area is 98.8 Å². The van der Waals surface area contributed by atoms with Crippen LogP contribution >= 0.6 is 22.7 Å². The largest absolute Gasteiger partial charge is 0.288 e. The lowest BCUT2D eigenvalue weighted by Crippen LogP contribution is -1.99. The maximum absolute atomic E-state index is 11.2. The van der Waals surface area contributed by atoms with Gasteiger partial charge in [-0.3, -0.25) is 4.79 Å². The number of aromatic nitrogens is 3. The molecule has 2 aromatic heterocycles. The number of hydrogen-bond acceptors (Lipinski definition) is 5. The summed E-state index contributed by atoms with van der Waals surface area (Å²) in [4.78, 5) is 15.1. The second-order valence-electron chi connectivity index (χ2n) is 3.33. The third-order valence-corrected chi connectivity index (χ3v) is 4.30. The van der Waals surface area contributed by atoms with Gasteiger partial charge < -0.3 is 0 Å². The molecule has 0 fully saturated rings. The summed E-state index contributed by atoms with van der Waals surface area (Å²) in [5.74, 6) is 0. The second-order valence-corrected chi connectivity index (χ2v) is 5.62. The Bertz CT molecular complexity index is 669. The fourth-order valence-electron chi connectivity index (χ4n) is 1.52. The van der Waals surface area contributed by atoms with Crippen LogP contribution in [0.1, 0.15) is 5.56 Å². The molecule has 0 unspecified atom stereocenters. The minimum absolute atomic E-state index is 0.146. The monoisotopic (exact) mass is 249 g/mol. The van der Waals surface area contributed by atoms with Crippen molar-refractivity contribution in [1.82, 2.24) is 14.8 Å². The first-order valence-corrected chi connectivity index (χ1v) is 6.29. The summed E-state index contributed by atoms with van der Waals surface area (Å²) in [5, 5.41) is 4.05. The van der Waals surface area contributed by atoms with Gasteiger partial charge in [0, 0.05) is 9.40 Å². The fraction of sp³-hybridized carbons (Fsp3) is 0.100. The minimum Gasteiger partial charge on any atom is -0.265 e. The molecule has 0 amide bonds. The highest BCUT2D eigenvalue weighted by atomic mass is 32.2. The zero-order valence-electron chi connectivity index (χ0n) is 8.16. The summed E-state index contributed by atoms with van der Waals surface area (Å²) in [6.45, 7) is 0.687. The normalized spacial score (nSPS) is 11.0. The van der Waals surface area contributed by atoms with Gasteiger partial charge in [-0.25, -0.2) is 9.67 Å². The third kappa shape index (κ3) is 1.77. The molecule has 1 aromatic carbocycles. The molecule has 0 bridgehead atoms. The Morgan fingerprint density at radius 1 is 1.25 bits per heavy atom. The van der Waals surface area contributed by atoms with Crippen LogP contribution in [0.5, 0.6) is 0 Å². The first-order valence-electron chi connectivity index (χ1n) is 4.66. The quantitative estimate of drug-likeness (QED) is 0.697. The molecule has 0 N–H and O–H groups in total. The molecule has 80 valence electrons. The van der Waals surface area contributed by atoms with Gasteiger partial charge in [0.1, 0.15) is 12.7 Å². The molecule has 0 aliphatic rings. The van der Waals surface area contributed by atoms with Crippen molar-refractivity contribution in [3.63, 3.8) is 0 Å². The van der Waals surface area contributed by atoms with Crippen molar-refractivity contribution in [2.45, 2.75) is 6.54 Å². The lowest BCUT2D eigenvalue weighted by molar-refractivity contribution is 0.685. The lowest BCUT2D eigenvalue weighted by Gasteiger charge is -2.00. The van der Waals surface area contributed by atoms with Crippen LogP contribution in [0, 0.1) is 0 Å².